The number of amides is 1. The van der Waals surface area contributed by atoms with Crippen molar-refractivity contribution < 1.29 is 13.6 Å². The average molecular weight is 431 g/mol. The molecule has 1 saturated heterocycles. The summed E-state index contributed by atoms with van der Waals surface area (Å²) >= 11 is 1.24. The van der Waals surface area contributed by atoms with Crippen molar-refractivity contribution in [3.05, 3.63) is 113 Å². The fourth-order valence-electron chi connectivity index (χ4n) is 2.80. The zero-order chi connectivity index (χ0) is 21.5. The predicted octanol–water partition coefficient (Wildman–Crippen LogP) is 5.48. The van der Waals surface area contributed by atoms with Crippen molar-refractivity contribution in [1.82, 2.24) is 4.90 Å². The van der Waals surface area contributed by atoms with Gasteiger partial charge in [-0.3, -0.25) is 9.69 Å². The van der Waals surface area contributed by atoms with Crippen LogP contribution in [0.2, 0.25) is 0 Å². The molecule has 3 aromatic rings. The molecule has 154 valence electrons. The van der Waals surface area contributed by atoms with Crippen molar-refractivity contribution in [2.24, 2.45) is 10.2 Å². The number of rotatable bonds is 6. The first kappa shape index (κ1) is 20.6. The second-order valence-electron chi connectivity index (χ2n) is 6.55. The van der Waals surface area contributed by atoms with E-state index in [9.17, 15) is 9.18 Å². The lowest BCUT2D eigenvalue weighted by Gasteiger charge is -2.12. The van der Waals surface area contributed by atoms with Crippen LogP contribution in [0.25, 0.3) is 6.08 Å². The lowest BCUT2D eigenvalue weighted by molar-refractivity contribution is -0.122. The van der Waals surface area contributed by atoms with Gasteiger partial charge in [-0.2, -0.15) is 5.10 Å². The molecule has 0 radical (unpaired) electrons. The smallest absolute Gasteiger partial charge is 0.267 e. The van der Waals surface area contributed by atoms with Crippen LogP contribution < -0.4 is 0 Å². The number of carbonyl (C=O) groups is 1. The van der Waals surface area contributed by atoms with Crippen LogP contribution in [0.5, 0.6) is 0 Å². The van der Waals surface area contributed by atoms with E-state index >= 15 is 0 Å². The van der Waals surface area contributed by atoms with Gasteiger partial charge in [0.2, 0.25) is 0 Å². The number of hydrogen-bond acceptors (Lipinski definition) is 5. The number of carbonyl (C=O) groups excluding carboxylic acids is 1. The van der Waals surface area contributed by atoms with Crippen LogP contribution in [-0.4, -0.2) is 22.2 Å². The normalized spacial score (nSPS) is 17.1. The van der Waals surface area contributed by atoms with Crippen molar-refractivity contribution in [3.8, 4) is 0 Å². The third-order valence-corrected chi connectivity index (χ3v) is 5.35. The van der Waals surface area contributed by atoms with Gasteiger partial charge < -0.3 is 4.42 Å². The number of amidine groups is 1. The average Bonchev–Trinajstić information content (AvgIpc) is 3.40. The Hall–Kier alpha value is -3.71. The van der Waals surface area contributed by atoms with Crippen LogP contribution in [0, 0.1) is 5.82 Å². The van der Waals surface area contributed by atoms with Crippen molar-refractivity contribution >= 4 is 35.1 Å². The van der Waals surface area contributed by atoms with E-state index in [-0.39, 0.29) is 18.3 Å². The summed E-state index contributed by atoms with van der Waals surface area (Å²) in [7, 11) is 0. The molecule has 1 aliphatic rings. The minimum absolute atomic E-state index is 0.171. The van der Waals surface area contributed by atoms with Gasteiger partial charge in [0.05, 0.1) is 23.9 Å². The van der Waals surface area contributed by atoms with Gasteiger partial charge in [-0.15, -0.1) is 5.10 Å². The maximum Gasteiger partial charge on any atom is 0.267 e. The quantitative estimate of drug-likeness (QED) is 0.295. The molecule has 4 rings (SSSR count). The Morgan fingerprint density at radius 3 is 2.55 bits per heavy atom. The van der Waals surface area contributed by atoms with Crippen LogP contribution in [0.1, 0.15) is 16.9 Å². The number of hydrogen-bond donors (Lipinski definition) is 0. The summed E-state index contributed by atoms with van der Waals surface area (Å²) in [5.74, 6) is 0.156. The molecule has 0 unspecified atom stereocenters. The molecule has 0 bridgehead atoms. The van der Waals surface area contributed by atoms with Gasteiger partial charge in [-0.05, 0) is 53.2 Å². The number of allylic oxidation sites excluding steroid dienone is 2. The molecule has 0 saturated carbocycles. The Balaban J connectivity index is 1.55. The fourth-order valence-corrected chi connectivity index (χ4v) is 3.69. The lowest BCUT2D eigenvalue weighted by atomic mass is 10.2. The first-order valence-corrected chi connectivity index (χ1v) is 10.3. The Labute approximate surface area is 183 Å². The summed E-state index contributed by atoms with van der Waals surface area (Å²) in [6, 6.07) is 19.3. The molecular formula is C24H18FN3O2S. The zero-order valence-electron chi connectivity index (χ0n) is 16.4. The van der Waals surface area contributed by atoms with E-state index in [0.717, 1.165) is 5.56 Å². The van der Waals surface area contributed by atoms with E-state index in [2.05, 4.69) is 10.2 Å². The van der Waals surface area contributed by atoms with Gasteiger partial charge in [0.1, 0.15) is 11.6 Å². The predicted molar refractivity (Wildman–Crippen MR) is 122 cm³/mol. The molecular weight excluding hydrogens is 413 g/mol. The van der Waals surface area contributed by atoms with Crippen molar-refractivity contribution in [2.45, 2.75) is 6.54 Å². The monoisotopic (exact) mass is 431 g/mol. The summed E-state index contributed by atoms with van der Waals surface area (Å²) in [4.78, 5) is 15.0. The van der Waals surface area contributed by atoms with E-state index < -0.39 is 0 Å². The first-order chi connectivity index (χ1) is 15.2. The van der Waals surface area contributed by atoms with Gasteiger partial charge >= 0.3 is 0 Å². The van der Waals surface area contributed by atoms with E-state index in [4.69, 9.17) is 4.42 Å². The molecule has 2 aromatic carbocycles. The topological polar surface area (TPSA) is 58.2 Å². The molecule has 2 heterocycles. The zero-order valence-corrected chi connectivity index (χ0v) is 17.2. The van der Waals surface area contributed by atoms with Crippen molar-refractivity contribution in [3.63, 3.8) is 0 Å². The maximum absolute atomic E-state index is 13.0. The largest absolute Gasteiger partial charge is 0.467 e. The summed E-state index contributed by atoms with van der Waals surface area (Å²) < 4.78 is 18.4. The number of thioether (sulfide) groups is 1. The Kier molecular flexibility index (Phi) is 6.54. The van der Waals surface area contributed by atoms with E-state index in [1.165, 1.54) is 35.0 Å². The van der Waals surface area contributed by atoms with Gasteiger partial charge in [-0.1, -0.05) is 54.6 Å². The molecule has 0 N–H and O–H groups in total. The number of nitrogens with zero attached hydrogens (tertiary/aromatic N) is 3. The minimum atomic E-state index is -0.316. The third kappa shape index (κ3) is 5.46. The summed E-state index contributed by atoms with van der Waals surface area (Å²) in [6.07, 6.45) is 8.61. The summed E-state index contributed by atoms with van der Waals surface area (Å²) in [6.45, 7) is 0.253. The second kappa shape index (κ2) is 9.86. The molecule has 5 nitrogen and oxygen atoms in total. The highest BCUT2D eigenvalue weighted by molar-refractivity contribution is 8.18. The summed E-state index contributed by atoms with van der Waals surface area (Å²) in [5, 5.41) is 8.75. The van der Waals surface area contributed by atoms with Crippen LogP contribution in [0.3, 0.4) is 0 Å². The van der Waals surface area contributed by atoms with Crippen LogP contribution in [0.4, 0.5) is 4.39 Å². The van der Waals surface area contributed by atoms with Crippen molar-refractivity contribution in [2.75, 3.05) is 0 Å². The molecule has 1 amide bonds. The van der Waals surface area contributed by atoms with E-state index in [0.29, 0.717) is 21.4 Å². The molecule has 0 spiro atoms. The van der Waals surface area contributed by atoms with Crippen LogP contribution >= 0.6 is 11.8 Å². The van der Waals surface area contributed by atoms with Gasteiger partial charge in [-0.25, -0.2) is 4.39 Å². The second-order valence-corrected chi connectivity index (χ2v) is 7.56. The maximum atomic E-state index is 13.0. The number of halogens is 1. The molecule has 31 heavy (non-hydrogen) atoms. The molecule has 0 aliphatic carbocycles. The highest BCUT2D eigenvalue weighted by atomic mass is 32.2. The minimum Gasteiger partial charge on any atom is -0.467 e. The Morgan fingerprint density at radius 2 is 1.81 bits per heavy atom. The van der Waals surface area contributed by atoms with Crippen LogP contribution in [-0.2, 0) is 11.3 Å². The Morgan fingerprint density at radius 1 is 1.00 bits per heavy atom. The molecule has 1 aromatic heterocycles. The molecule has 1 aliphatic heterocycles. The Bertz CT molecular complexity index is 1150. The van der Waals surface area contributed by atoms with E-state index in [1.807, 2.05) is 42.5 Å². The lowest BCUT2D eigenvalue weighted by Crippen LogP contribution is -2.28. The third-order valence-electron chi connectivity index (χ3n) is 4.34. The van der Waals surface area contributed by atoms with Crippen LogP contribution in [0.15, 0.2) is 105 Å². The first-order valence-electron chi connectivity index (χ1n) is 9.51. The summed E-state index contributed by atoms with van der Waals surface area (Å²) in [5.41, 5.74) is 1.75. The van der Waals surface area contributed by atoms with Crippen molar-refractivity contribution in [1.29, 1.82) is 0 Å². The molecule has 1 fully saturated rings. The SMILES string of the molecule is O=C1/C(=C/C=C/c2ccccc2)S/C(=N\N=C\c2ccc(F)cc2)N1Cc1ccco1. The number of benzene rings is 2. The van der Waals surface area contributed by atoms with Gasteiger partial charge in [0.15, 0.2) is 5.17 Å². The standard InChI is InChI=1S/C24H18FN3O2S/c25-20-13-11-19(12-14-20)16-26-27-24-28(17-21-9-5-15-30-21)23(29)22(31-24)10-4-8-18-6-2-1-3-7-18/h1-16H,17H2/b8-4+,22-10-,26-16+,27-24-. The van der Waals surface area contributed by atoms with E-state index in [1.54, 1.807) is 36.6 Å². The highest BCUT2D eigenvalue weighted by Crippen LogP contribution is 2.32. The highest BCUT2D eigenvalue weighted by Gasteiger charge is 2.33. The molecule has 7 heteroatoms. The molecule has 0 atom stereocenters. The fraction of sp³-hybridized carbons (Fsp3) is 0.0417. The number of furan rings is 1. The van der Waals surface area contributed by atoms with Gasteiger partial charge in [0, 0.05) is 0 Å². The van der Waals surface area contributed by atoms with Gasteiger partial charge in [0.25, 0.3) is 5.91 Å².